The Balaban J connectivity index is 1.60. The van der Waals surface area contributed by atoms with Crippen molar-refractivity contribution in [2.75, 3.05) is 34.8 Å². The van der Waals surface area contributed by atoms with Crippen molar-refractivity contribution in [3.05, 3.63) is 42.2 Å². The van der Waals surface area contributed by atoms with Crippen LogP contribution in [-0.2, 0) is 9.59 Å². The molecular formula is C23H28N6O2. The Morgan fingerprint density at radius 1 is 1.23 bits per heavy atom. The molecule has 2 N–H and O–H groups in total. The molecule has 3 atom stereocenters. The predicted octanol–water partition coefficient (Wildman–Crippen LogP) is 2.35. The number of fused-ring (bicyclic) bond motifs is 1. The van der Waals surface area contributed by atoms with Gasteiger partial charge in [-0.2, -0.15) is 0 Å². The Bertz CT molecular complexity index is 993. The van der Waals surface area contributed by atoms with Gasteiger partial charge in [0, 0.05) is 61.3 Å². The number of rotatable bonds is 4. The van der Waals surface area contributed by atoms with Crippen LogP contribution in [0.15, 0.2) is 36.7 Å². The van der Waals surface area contributed by atoms with Crippen molar-refractivity contribution < 1.29 is 9.59 Å². The minimum atomic E-state index is -0.0587. The SMILES string of the molecule is CC(=O)N1c2ccc(N3CCNCC3=O)cc2[C@H](Nc2ncccn2)[C@@H](C)C1C1CC1. The minimum Gasteiger partial charge on any atom is -0.347 e. The number of carbonyl (C=O) groups excluding carboxylic acids is 2. The van der Waals surface area contributed by atoms with Gasteiger partial charge in [-0.15, -0.1) is 0 Å². The quantitative estimate of drug-likeness (QED) is 0.789. The molecule has 1 saturated heterocycles. The van der Waals surface area contributed by atoms with Crippen molar-refractivity contribution >= 4 is 29.1 Å². The minimum absolute atomic E-state index is 0.0587. The van der Waals surface area contributed by atoms with Gasteiger partial charge in [-0.1, -0.05) is 6.92 Å². The van der Waals surface area contributed by atoms with Gasteiger partial charge in [-0.25, -0.2) is 9.97 Å². The number of nitrogens with one attached hydrogen (secondary N) is 2. The third-order valence-corrected chi connectivity index (χ3v) is 6.66. The maximum Gasteiger partial charge on any atom is 0.240 e. The van der Waals surface area contributed by atoms with Crippen LogP contribution in [0.1, 0.15) is 38.3 Å². The summed E-state index contributed by atoms with van der Waals surface area (Å²) in [7, 11) is 0. The maximum atomic E-state index is 12.8. The Kier molecular flexibility index (Phi) is 5.09. The van der Waals surface area contributed by atoms with Gasteiger partial charge in [0.05, 0.1) is 12.6 Å². The number of hydrogen-bond acceptors (Lipinski definition) is 6. The fourth-order valence-electron chi connectivity index (χ4n) is 5.11. The molecule has 31 heavy (non-hydrogen) atoms. The zero-order valence-electron chi connectivity index (χ0n) is 17.9. The molecule has 3 heterocycles. The molecule has 2 aromatic rings. The summed E-state index contributed by atoms with van der Waals surface area (Å²) in [6, 6.07) is 7.91. The molecule has 1 aromatic heterocycles. The number of carbonyl (C=O) groups is 2. The fraction of sp³-hybridized carbons (Fsp3) is 0.478. The van der Waals surface area contributed by atoms with Crippen molar-refractivity contribution in [3.8, 4) is 0 Å². The normalized spacial score (nSPS) is 25.9. The average molecular weight is 421 g/mol. The Morgan fingerprint density at radius 2 is 2.00 bits per heavy atom. The molecule has 1 aromatic carbocycles. The van der Waals surface area contributed by atoms with E-state index in [9.17, 15) is 9.59 Å². The smallest absolute Gasteiger partial charge is 0.240 e. The van der Waals surface area contributed by atoms with E-state index in [0.29, 0.717) is 25.0 Å². The molecule has 162 valence electrons. The van der Waals surface area contributed by atoms with Crippen LogP contribution in [0.4, 0.5) is 17.3 Å². The maximum absolute atomic E-state index is 12.8. The molecule has 2 aliphatic heterocycles. The molecule has 2 fully saturated rings. The zero-order valence-corrected chi connectivity index (χ0v) is 17.9. The molecule has 0 bridgehead atoms. The summed E-state index contributed by atoms with van der Waals surface area (Å²) in [5.74, 6) is 1.37. The number of piperazine rings is 1. The number of aromatic nitrogens is 2. The van der Waals surface area contributed by atoms with Crippen LogP contribution in [0, 0.1) is 11.8 Å². The third kappa shape index (κ3) is 3.65. The average Bonchev–Trinajstić information content (AvgIpc) is 3.61. The van der Waals surface area contributed by atoms with Crippen molar-refractivity contribution in [2.45, 2.75) is 38.8 Å². The van der Waals surface area contributed by atoms with Crippen LogP contribution in [0.3, 0.4) is 0 Å². The summed E-state index contributed by atoms with van der Waals surface area (Å²) in [6.45, 7) is 5.59. The molecular weight excluding hydrogens is 392 g/mol. The summed E-state index contributed by atoms with van der Waals surface area (Å²) < 4.78 is 0. The van der Waals surface area contributed by atoms with Crippen LogP contribution in [-0.4, -0.2) is 47.5 Å². The van der Waals surface area contributed by atoms with Gasteiger partial charge >= 0.3 is 0 Å². The third-order valence-electron chi connectivity index (χ3n) is 6.66. The molecule has 1 unspecified atom stereocenters. The van der Waals surface area contributed by atoms with Crippen molar-refractivity contribution in [2.24, 2.45) is 11.8 Å². The van der Waals surface area contributed by atoms with E-state index in [0.717, 1.165) is 36.3 Å². The molecule has 0 radical (unpaired) electrons. The summed E-state index contributed by atoms with van der Waals surface area (Å²) in [5, 5.41) is 6.64. The lowest BCUT2D eigenvalue weighted by molar-refractivity contribution is -0.119. The zero-order chi connectivity index (χ0) is 21.5. The van der Waals surface area contributed by atoms with Crippen LogP contribution in [0.5, 0.6) is 0 Å². The summed E-state index contributed by atoms with van der Waals surface area (Å²) in [4.78, 5) is 37.8. The Morgan fingerprint density at radius 3 is 2.68 bits per heavy atom. The van der Waals surface area contributed by atoms with E-state index in [1.54, 1.807) is 25.4 Å². The first-order chi connectivity index (χ1) is 15.0. The number of hydrogen-bond donors (Lipinski definition) is 2. The molecule has 2 amide bonds. The second kappa shape index (κ2) is 7.92. The van der Waals surface area contributed by atoms with E-state index < -0.39 is 0 Å². The highest BCUT2D eigenvalue weighted by atomic mass is 16.2. The van der Waals surface area contributed by atoms with Crippen LogP contribution < -0.4 is 20.4 Å². The molecule has 8 heteroatoms. The van der Waals surface area contributed by atoms with Gasteiger partial charge in [0.15, 0.2) is 0 Å². The van der Waals surface area contributed by atoms with E-state index in [1.165, 1.54) is 0 Å². The summed E-state index contributed by atoms with van der Waals surface area (Å²) in [6.07, 6.45) is 5.74. The monoisotopic (exact) mass is 420 g/mol. The van der Waals surface area contributed by atoms with Crippen LogP contribution >= 0.6 is 0 Å². The number of anilines is 3. The van der Waals surface area contributed by atoms with Crippen molar-refractivity contribution in [1.29, 1.82) is 0 Å². The highest BCUT2D eigenvalue weighted by Gasteiger charge is 2.47. The number of benzene rings is 1. The number of nitrogens with zero attached hydrogens (tertiary/aromatic N) is 4. The van der Waals surface area contributed by atoms with Gasteiger partial charge in [-0.05, 0) is 43.0 Å². The van der Waals surface area contributed by atoms with E-state index in [-0.39, 0.29) is 29.8 Å². The van der Waals surface area contributed by atoms with E-state index in [2.05, 4.69) is 33.6 Å². The molecule has 8 nitrogen and oxygen atoms in total. The molecule has 1 saturated carbocycles. The van der Waals surface area contributed by atoms with Gasteiger partial charge in [0.1, 0.15) is 0 Å². The lowest BCUT2D eigenvalue weighted by Crippen LogP contribution is -2.51. The van der Waals surface area contributed by atoms with E-state index >= 15 is 0 Å². The Hall–Kier alpha value is -3.00. The van der Waals surface area contributed by atoms with Crippen LogP contribution in [0.25, 0.3) is 0 Å². The molecule has 1 aliphatic carbocycles. The first-order valence-electron chi connectivity index (χ1n) is 11.0. The summed E-state index contributed by atoms with van der Waals surface area (Å²) >= 11 is 0. The van der Waals surface area contributed by atoms with Gasteiger partial charge < -0.3 is 20.4 Å². The van der Waals surface area contributed by atoms with E-state index in [4.69, 9.17) is 0 Å². The first-order valence-corrected chi connectivity index (χ1v) is 11.0. The largest absolute Gasteiger partial charge is 0.347 e. The lowest BCUT2D eigenvalue weighted by atomic mass is 9.79. The Labute approximate surface area is 182 Å². The van der Waals surface area contributed by atoms with Gasteiger partial charge in [0.25, 0.3) is 0 Å². The van der Waals surface area contributed by atoms with Crippen LogP contribution in [0.2, 0.25) is 0 Å². The topological polar surface area (TPSA) is 90.5 Å². The standard InChI is InChI=1S/C23H28N6O2/c1-14-21(27-23-25-8-3-9-26-23)18-12-17(28-11-10-24-13-20(28)31)6-7-19(18)29(15(2)30)22(14)16-4-5-16/h3,6-9,12,14,16,21-22,24H,4-5,10-11,13H2,1-2H3,(H,25,26,27)/t14-,21-,22?/m1/s1. The lowest BCUT2D eigenvalue weighted by Gasteiger charge is -2.46. The van der Waals surface area contributed by atoms with Crippen molar-refractivity contribution in [1.82, 2.24) is 15.3 Å². The second-order valence-electron chi connectivity index (χ2n) is 8.74. The second-order valence-corrected chi connectivity index (χ2v) is 8.74. The summed E-state index contributed by atoms with van der Waals surface area (Å²) in [5.41, 5.74) is 2.80. The van der Waals surface area contributed by atoms with Crippen molar-refractivity contribution in [3.63, 3.8) is 0 Å². The van der Waals surface area contributed by atoms with Gasteiger partial charge in [0.2, 0.25) is 17.8 Å². The van der Waals surface area contributed by atoms with Gasteiger partial charge in [-0.3, -0.25) is 9.59 Å². The molecule has 3 aliphatic rings. The predicted molar refractivity (Wildman–Crippen MR) is 119 cm³/mol. The first kappa shape index (κ1) is 19.9. The molecule has 0 spiro atoms. The van der Waals surface area contributed by atoms with E-state index in [1.807, 2.05) is 21.9 Å². The highest BCUT2D eigenvalue weighted by Crippen LogP contribution is 2.50. The molecule has 5 rings (SSSR count). The highest BCUT2D eigenvalue weighted by molar-refractivity contribution is 5.98. The number of amides is 2. The fourth-order valence-corrected chi connectivity index (χ4v) is 5.11.